The molecular weight excluding hydrogens is 408 g/mol. The largest absolute Gasteiger partial charge is 0.346 e. The molecule has 1 amide bonds. The third-order valence-electron chi connectivity index (χ3n) is 5.53. The van der Waals surface area contributed by atoms with Gasteiger partial charge in [-0.25, -0.2) is 8.42 Å². The maximum atomic E-state index is 13.1. The van der Waals surface area contributed by atoms with Crippen LogP contribution < -0.4 is 9.62 Å². The maximum absolute atomic E-state index is 13.1. The quantitative estimate of drug-likeness (QED) is 0.596. The van der Waals surface area contributed by atoms with E-state index in [-0.39, 0.29) is 16.8 Å². The van der Waals surface area contributed by atoms with E-state index < -0.39 is 10.0 Å². The van der Waals surface area contributed by atoms with Gasteiger partial charge in [0.25, 0.3) is 15.9 Å². The summed E-state index contributed by atoms with van der Waals surface area (Å²) < 4.78 is 27.4. The molecule has 0 saturated heterocycles. The number of anilines is 1. The smallest absolute Gasteiger partial charge is 0.264 e. The number of nitrogens with one attached hydrogen (secondary N) is 1. The van der Waals surface area contributed by atoms with Crippen molar-refractivity contribution in [3.05, 3.63) is 94.5 Å². The number of benzene rings is 3. The van der Waals surface area contributed by atoms with E-state index in [9.17, 15) is 13.2 Å². The average molecular weight is 437 g/mol. The van der Waals surface area contributed by atoms with Crippen molar-refractivity contribution in [2.45, 2.75) is 38.6 Å². The van der Waals surface area contributed by atoms with Gasteiger partial charge in [-0.15, -0.1) is 0 Å². The van der Waals surface area contributed by atoms with Crippen LogP contribution in [0.5, 0.6) is 0 Å². The van der Waals surface area contributed by atoms with Gasteiger partial charge in [-0.1, -0.05) is 42.0 Å². The Labute approximate surface area is 184 Å². The molecule has 0 aliphatic heterocycles. The van der Waals surface area contributed by atoms with Crippen molar-refractivity contribution < 1.29 is 13.2 Å². The fraction of sp³-hybridized carbons (Fsp3) is 0.240. The molecule has 3 aromatic carbocycles. The number of hydrogen-bond acceptors (Lipinski definition) is 3. The van der Waals surface area contributed by atoms with Crippen LogP contribution in [-0.2, 0) is 10.0 Å². The van der Waals surface area contributed by atoms with Crippen LogP contribution in [0.1, 0.15) is 45.6 Å². The van der Waals surface area contributed by atoms with E-state index in [0.717, 1.165) is 16.7 Å². The number of hydrogen-bond donors (Lipinski definition) is 1. The molecule has 5 nitrogen and oxygen atoms in total. The van der Waals surface area contributed by atoms with E-state index in [0.29, 0.717) is 11.3 Å². The second-order valence-electron chi connectivity index (χ2n) is 7.87. The van der Waals surface area contributed by atoms with Crippen LogP contribution in [0.4, 0.5) is 5.69 Å². The van der Waals surface area contributed by atoms with Gasteiger partial charge in [0.15, 0.2) is 0 Å². The number of amides is 1. The normalized spacial score (nSPS) is 12.3. The third-order valence-corrected chi connectivity index (χ3v) is 7.31. The molecule has 0 aliphatic rings. The second-order valence-corrected chi connectivity index (χ2v) is 9.84. The summed E-state index contributed by atoms with van der Waals surface area (Å²) in [5.74, 6) is -0.319. The monoisotopic (exact) mass is 436 g/mol. The number of carbonyl (C=O) groups is 1. The van der Waals surface area contributed by atoms with Crippen molar-refractivity contribution in [1.82, 2.24) is 5.32 Å². The Kier molecular flexibility index (Phi) is 6.51. The van der Waals surface area contributed by atoms with Crippen LogP contribution in [-0.4, -0.2) is 21.4 Å². The predicted molar refractivity (Wildman–Crippen MR) is 125 cm³/mol. The van der Waals surface area contributed by atoms with Gasteiger partial charge < -0.3 is 5.32 Å². The zero-order valence-electron chi connectivity index (χ0n) is 18.5. The lowest BCUT2D eigenvalue weighted by Crippen LogP contribution is -2.28. The Morgan fingerprint density at radius 1 is 0.903 bits per heavy atom. The first kappa shape index (κ1) is 22.6. The van der Waals surface area contributed by atoms with Crippen LogP contribution in [0.2, 0.25) is 0 Å². The molecular formula is C25H28N2O3S. The fourth-order valence-electron chi connectivity index (χ4n) is 3.25. The summed E-state index contributed by atoms with van der Waals surface area (Å²) in [6, 6.07) is 19.2. The minimum Gasteiger partial charge on any atom is -0.346 e. The third kappa shape index (κ3) is 4.97. The first-order valence-corrected chi connectivity index (χ1v) is 11.6. The van der Waals surface area contributed by atoms with E-state index in [1.165, 1.54) is 29.0 Å². The van der Waals surface area contributed by atoms with Crippen LogP contribution in [0, 0.1) is 20.8 Å². The minimum atomic E-state index is -3.80. The Bertz CT molecular complexity index is 1200. The highest BCUT2D eigenvalue weighted by atomic mass is 32.2. The number of carbonyl (C=O) groups excluding carboxylic acids is 1. The van der Waals surface area contributed by atoms with Crippen molar-refractivity contribution in [3.8, 4) is 0 Å². The molecule has 3 aromatic rings. The molecule has 0 saturated carbocycles. The van der Waals surface area contributed by atoms with E-state index in [4.69, 9.17) is 0 Å². The van der Waals surface area contributed by atoms with E-state index in [1.54, 1.807) is 24.3 Å². The van der Waals surface area contributed by atoms with Crippen molar-refractivity contribution in [3.63, 3.8) is 0 Å². The SMILES string of the molecule is Cc1ccc(N(C)S(=O)(=O)c2cccc(C(=O)NC(C)c3ccc(C)c(C)c3)c2)cc1. The van der Waals surface area contributed by atoms with Gasteiger partial charge in [-0.2, -0.15) is 0 Å². The highest BCUT2D eigenvalue weighted by Gasteiger charge is 2.23. The van der Waals surface area contributed by atoms with Crippen LogP contribution >= 0.6 is 0 Å². The highest BCUT2D eigenvalue weighted by Crippen LogP contribution is 2.23. The number of aryl methyl sites for hydroxylation is 3. The van der Waals surface area contributed by atoms with Crippen molar-refractivity contribution >= 4 is 21.6 Å². The van der Waals surface area contributed by atoms with Gasteiger partial charge in [-0.3, -0.25) is 9.10 Å². The predicted octanol–water partition coefficient (Wildman–Crippen LogP) is 4.93. The van der Waals surface area contributed by atoms with Gasteiger partial charge >= 0.3 is 0 Å². The molecule has 1 atom stereocenters. The Morgan fingerprint density at radius 2 is 1.58 bits per heavy atom. The lowest BCUT2D eigenvalue weighted by atomic mass is 10.0. The van der Waals surface area contributed by atoms with Gasteiger partial charge in [-0.05, 0) is 74.7 Å². The van der Waals surface area contributed by atoms with Crippen molar-refractivity contribution in [2.75, 3.05) is 11.4 Å². The van der Waals surface area contributed by atoms with E-state index >= 15 is 0 Å². The molecule has 0 bridgehead atoms. The minimum absolute atomic E-state index is 0.0714. The molecule has 1 unspecified atom stereocenters. The Morgan fingerprint density at radius 3 is 2.23 bits per heavy atom. The maximum Gasteiger partial charge on any atom is 0.264 e. The van der Waals surface area contributed by atoms with E-state index in [2.05, 4.69) is 11.4 Å². The molecule has 1 N–H and O–H groups in total. The first-order chi connectivity index (χ1) is 14.6. The molecule has 6 heteroatoms. The Hall–Kier alpha value is -3.12. The van der Waals surface area contributed by atoms with Crippen molar-refractivity contribution in [1.29, 1.82) is 0 Å². The summed E-state index contributed by atoms with van der Waals surface area (Å²) in [6.07, 6.45) is 0. The molecule has 0 heterocycles. The Balaban J connectivity index is 1.82. The summed E-state index contributed by atoms with van der Waals surface area (Å²) >= 11 is 0. The molecule has 0 aromatic heterocycles. The molecule has 162 valence electrons. The summed E-state index contributed by atoms with van der Waals surface area (Å²) in [5, 5.41) is 2.96. The molecule has 0 fully saturated rings. The topological polar surface area (TPSA) is 66.5 Å². The zero-order chi connectivity index (χ0) is 22.8. The lowest BCUT2D eigenvalue weighted by molar-refractivity contribution is 0.0939. The fourth-order valence-corrected chi connectivity index (χ4v) is 4.49. The first-order valence-electron chi connectivity index (χ1n) is 10.1. The second kappa shape index (κ2) is 8.94. The molecule has 0 radical (unpaired) electrons. The van der Waals surface area contributed by atoms with Crippen molar-refractivity contribution in [2.24, 2.45) is 0 Å². The standard InChI is InChI=1S/C25H28N2O3S/c1-17-9-13-23(14-10-17)27(5)31(29,30)24-8-6-7-22(16-24)25(28)26-20(4)21-12-11-18(2)19(3)15-21/h6-16,20H,1-5H3,(H,26,28). The number of rotatable bonds is 6. The highest BCUT2D eigenvalue weighted by molar-refractivity contribution is 7.92. The lowest BCUT2D eigenvalue weighted by Gasteiger charge is -2.20. The number of sulfonamides is 1. The summed E-state index contributed by atoms with van der Waals surface area (Å²) in [7, 11) is -2.29. The van der Waals surface area contributed by atoms with Gasteiger partial charge in [0.1, 0.15) is 0 Å². The van der Waals surface area contributed by atoms with Gasteiger partial charge in [0.2, 0.25) is 0 Å². The van der Waals surface area contributed by atoms with E-state index in [1.807, 2.05) is 52.0 Å². The number of nitrogens with zero attached hydrogens (tertiary/aromatic N) is 1. The van der Waals surface area contributed by atoms with Gasteiger partial charge in [0.05, 0.1) is 16.6 Å². The summed E-state index contributed by atoms with van der Waals surface area (Å²) in [5.41, 5.74) is 5.26. The van der Waals surface area contributed by atoms with Crippen LogP contribution in [0.25, 0.3) is 0 Å². The molecule has 3 rings (SSSR count). The molecule has 0 aliphatic carbocycles. The zero-order valence-corrected chi connectivity index (χ0v) is 19.3. The molecule has 31 heavy (non-hydrogen) atoms. The molecule has 0 spiro atoms. The van der Waals surface area contributed by atoms with Gasteiger partial charge in [0, 0.05) is 12.6 Å². The van der Waals surface area contributed by atoms with Crippen LogP contribution in [0.3, 0.4) is 0 Å². The average Bonchev–Trinajstić information content (AvgIpc) is 2.75. The van der Waals surface area contributed by atoms with Crippen LogP contribution in [0.15, 0.2) is 71.6 Å². The summed E-state index contributed by atoms with van der Waals surface area (Å²) in [6.45, 7) is 7.93. The summed E-state index contributed by atoms with van der Waals surface area (Å²) in [4.78, 5) is 12.9.